The van der Waals surface area contributed by atoms with Crippen LogP contribution in [-0.4, -0.2) is 11.8 Å². The van der Waals surface area contributed by atoms with Gasteiger partial charge in [0.2, 0.25) is 0 Å². The molecule has 8 aromatic carbocycles. The van der Waals surface area contributed by atoms with Crippen molar-refractivity contribution in [3.8, 4) is 39.1 Å². The van der Waals surface area contributed by atoms with Gasteiger partial charge in [-0.2, -0.15) is 0 Å². The Balaban J connectivity index is 1.14. The van der Waals surface area contributed by atoms with Crippen molar-refractivity contribution < 1.29 is 4.42 Å². The molecule has 1 aliphatic heterocycles. The van der Waals surface area contributed by atoms with Gasteiger partial charge in [0, 0.05) is 60.0 Å². The molecule has 317 valence electrons. The van der Waals surface area contributed by atoms with Crippen molar-refractivity contribution in [2.45, 2.75) is 83.5 Å². The molecule has 0 spiro atoms. The highest BCUT2D eigenvalue weighted by molar-refractivity contribution is 7.80. The van der Waals surface area contributed by atoms with Gasteiger partial charge in [-0.15, -0.1) is 12.6 Å². The molecule has 3 nitrogen and oxygen atoms in total. The van der Waals surface area contributed by atoms with Crippen LogP contribution in [0.3, 0.4) is 0 Å². The molecule has 0 saturated carbocycles. The number of nitrogens with one attached hydrogen (secondary N) is 1. The van der Waals surface area contributed by atoms with E-state index >= 15 is 0 Å². The summed E-state index contributed by atoms with van der Waals surface area (Å²) in [5, 5.41) is 8.65. The molecule has 0 bridgehead atoms. The number of para-hydroxylation sites is 1. The zero-order valence-electron chi connectivity index (χ0n) is 38.7. The lowest BCUT2D eigenvalue weighted by Gasteiger charge is -2.27. The number of benzene rings is 8. The molecule has 2 aromatic heterocycles. The second kappa shape index (κ2) is 13.8. The highest BCUT2D eigenvalue weighted by Gasteiger charge is 2.38. The topological polar surface area (TPSA) is 30.1 Å². The Bertz CT molecular complexity index is 3660. The van der Waals surface area contributed by atoms with Crippen LogP contribution in [0.5, 0.6) is 0 Å². The number of rotatable bonds is 4. The van der Waals surface area contributed by atoms with Gasteiger partial charge < -0.3 is 14.3 Å². The zero-order chi connectivity index (χ0) is 44.9. The maximum Gasteiger partial charge on any atom is 0.198 e. The number of hydrogen-bond acceptors (Lipinski definition) is 3. The van der Waals surface area contributed by atoms with E-state index in [4.69, 9.17) is 17.0 Å². The molecular formula is C60H52BN2OS. The van der Waals surface area contributed by atoms with Crippen LogP contribution in [0.2, 0.25) is 0 Å². The summed E-state index contributed by atoms with van der Waals surface area (Å²) < 4.78 is 9.06. The van der Waals surface area contributed by atoms with E-state index in [-0.39, 0.29) is 16.2 Å². The first-order chi connectivity index (χ1) is 31.0. The van der Waals surface area contributed by atoms with Crippen LogP contribution in [0.25, 0.3) is 82.8 Å². The Morgan fingerprint density at radius 1 is 0.569 bits per heavy atom. The fourth-order valence-electron chi connectivity index (χ4n) is 10.9. The van der Waals surface area contributed by atoms with Crippen molar-refractivity contribution in [3.05, 3.63) is 167 Å². The summed E-state index contributed by atoms with van der Waals surface area (Å²) in [6.45, 7) is 20.7. The number of anilines is 2. The first-order valence-electron chi connectivity index (χ1n) is 23.0. The molecule has 1 aliphatic carbocycles. The minimum atomic E-state index is -0.206. The zero-order valence-corrected chi connectivity index (χ0v) is 39.6. The summed E-state index contributed by atoms with van der Waals surface area (Å²) in [4.78, 5) is 0.956. The summed E-state index contributed by atoms with van der Waals surface area (Å²) in [6.07, 6.45) is 0. The average molecular weight is 860 g/mol. The van der Waals surface area contributed by atoms with Crippen molar-refractivity contribution in [1.29, 1.82) is 0 Å². The number of nitrogens with zero attached hydrogens (tertiary/aromatic N) is 1. The lowest BCUT2D eigenvalue weighted by Crippen LogP contribution is -2.37. The van der Waals surface area contributed by atoms with Gasteiger partial charge in [-0.1, -0.05) is 146 Å². The standard InChI is InChI=1S/C60H52BN2OS/c1-33-14-10-11-15-37(33)46-27-44-41-25-24-40(56-57(41)63(51(44)32-55(46)65)52-30-45-39-16-12-13-17-53(39)64-54(45)31-49(52)61-56)43-28-48-42(29-50(43)62-36-21-18-34(19-22-36)58(2,3)4)38-23-20-35(59(5,6)7)26-47(38)60(48,8)9/h10-32,62,65H,1-9H3. The summed E-state index contributed by atoms with van der Waals surface area (Å²) in [7, 11) is 2.41. The monoisotopic (exact) mass is 859 g/mol. The molecule has 1 radical (unpaired) electrons. The van der Waals surface area contributed by atoms with Gasteiger partial charge in [-0.3, -0.25) is 0 Å². The molecule has 12 rings (SSSR count). The molecule has 0 amide bonds. The van der Waals surface area contributed by atoms with Crippen LogP contribution in [0.1, 0.15) is 83.2 Å². The Morgan fingerprint density at radius 2 is 1.28 bits per heavy atom. The number of aryl methyl sites for hydroxylation is 1. The Morgan fingerprint density at radius 3 is 2.05 bits per heavy atom. The Kier molecular flexibility index (Phi) is 8.51. The van der Waals surface area contributed by atoms with Crippen molar-refractivity contribution in [2.24, 2.45) is 0 Å². The molecule has 0 fully saturated rings. The first kappa shape index (κ1) is 40.1. The first-order valence-corrected chi connectivity index (χ1v) is 23.4. The van der Waals surface area contributed by atoms with E-state index in [1.165, 1.54) is 77.4 Å². The van der Waals surface area contributed by atoms with Crippen molar-refractivity contribution in [2.75, 3.05) is 5.32 Å². The SMILES string of the molecule is Cc1ccccc1-c1cc2c3ccc(-c4cc5c(cc4Nc4ccc(C(C)(C)C)cc4)-c4ccc(C(C)(C)C)cc4C5(C)C)c4c3n(c2cc1S)-c1cc2c(cc1[B]4)oc1ccccc12. The van der Waals surface area contributed by atoms with E-state index in [1.54, 1.807) is 0 Å². The van der Waals surface area contributed by atoms with Gasteiger partial charge in [0.05, 0.1) is 5.52 Å². The lowest BCUT2D eigenvalue weighted by molar-refractivity contribution is 0.584. The highest BCUT2D eigenvalue weighted by atomic mass is 32.1. The summed E-state index contributed by atoms with van der Waals surface area (Å²) in [5.41, 5.74) is 23.6. The minimum Gasteiger partial charge on any atom is -0.456 e. The van der Waals surface area contributed by atoms with E-state index in [0.29, 0.717) is 0 Å². The highest BCUT2D eigenvalue weighted by Crippen LogP contribution is 2.53. The van der Waals surface area contributed by atoms with Gasteiger partial charge in [0.1, 0.15) is 11.2 Å². The van der Waals surface area contributed by atoms with Gasteiger partial charge in [-0.25, -0.2) is 0 Å². The average Bonchev–Trinajstić information content (AvgIpc) is 3.87. The second-order valence-corrected chi connectivity index (χ2v) is 21.6. The van der Waals surface area contributed by atoms with E-state index < -0.39 is 0 Å². The maximum atomic E-state index is 6.56. The number of furan rings is 1. The third kappa shape index (κ3) is 6.04. The van der Waals surface area contributed by atoms with Crippen LogP contribution in [0.4, 0.5) is 11.4 Å². The lowest BCUT2D eigenvalue weighted by atomic mass is 9.59. The van der Waals surface area contributed by atoms with Crippen LogP contribution < -0.4 is 16.2 Å². The molecule has 3 heterocycles. The van der Waals surface area contributed by atoms with Gasteiger partial charge in [0.25, 0.3) is 0 Å². The van der Waals surface area contributed by atoms with Crippen LogP contribution >= 0.6 is 12.6 Å². The fourth-order valence-corrected chi connectivity index (χ4v) is 11.2. The van der Waals surface area contributed by atoms with E-state index in [9.17, 15) is 0 Å². The summed E-state index contributed by atoms with van der Waals surface area (Å²) in [6, 6.07) is 52.1. The van der Waals surface area contributed by atoms with Crippen LogP contribution in [-0.2, 0) is 16.2 Å². The van der Waals surface area contributed by atoms with E-state index in [0.717, 1.165) is 60.4 Å². The molecule has 0 saturated heterocycles. The molecule has 5 heteroatoms. The molecule has 2 aliphatic rings. The summed E-state index contributed by atoms with van der Waals surface area (Å²) in [5.74, 6) is 0. The number of hydrogen-bond donors (Lipinski definition) is 2. The number of thiol groups is 1. The second-order valence-electron chi connectivity index (χ2n) is 21.1. The molecule has 1 N–H and O–H groups in total. The molecule has 10 aromatic rings. The predicted octanol–water partition coefficient (Wildman–Crippen LogP) is 15.2. The normalized spacial score (nSPS) is 13.9. The predicted molar refractivity (Wildman–Crippen MR) is 281 cm³/mol. The summed E-state index contributed by atoms with van der Waals surface area (Å²) >= 11 is 5.22. The molecule has 0 atom stereocenters. The quantitative estimate of drug-likeness (QED) is 0.136. The van der Waals surface area contributed by atoms with E-state index in [1.807, 2.05) is 6.07 Å². The maximum absolute atomic E-state index is 6.56. The van der Waals surface area contributed by atoms with Crippen LogP contribution in [0.15, 0.2) is 149 Å². The van der Waals surface area contributed by atoms with E-state index in [2.05, 4.69) is 213 Å². The van der Waals surface area contributed by atoms with Crippen molar-refractivity contribution >= 4 is 86.0 Å². The van der Waals surface area contributed by atoms with Crippen LogP contribution in [0, 0.1) is 6.92 Å². The minimum absolute atomic E-state index is 0.0437. The number of aromatic nitrogens is 1. The third-order valence-electron chi connectivity index (χ3n) is 14.6. The largest absolute Gasteiger partial charge is 0.456 e. The molecule has 0 unspecified atom stereocenters. The number of fused-ring (bicyclic) bond motifs is 11. The Hall–Kier alpha value is -6.43. The van der Waals surface area contributed by atoms with Crippen molar-refractivity contribution in [3.63, 3.8) is 0 Å². The fraction of sp³-hybridized carbons (Fsp3) is 0.200. The van der Waals surface area contributed by atoms with Gasteiger partial charge in [-0.05, 0) is 133 Å². The Labute approximate surface area is 388 Å². The third-order valence-corrected chi connectivity index (χ3v) is 15.0. The molecular weight excluding hydrogens is 808 g/mol. The van der Waals surface area contributed by atoms with Gasteiger partial charge >= 0.3 is 0 Å². The molecule has 65 heavy (non-hydrogen) atoms. The van der Waals surface area contributed by atoms with Gasteiger partial charge in [0.15, 0.2) is 7.28 Å². The smallest absolute Gasteiger partial charge is 0.198 e. The van der Waals surface area contributed by atoms with Crippen molar-refractivity contribution in [1.82, 2.24) is 4.57 Å².